The summed E-state index contributed by atoms with van der Waals surface area (Å²) < 4.78 is 61.7. The quantitative estimate of drug-likeness (QED) is 0.0738. The van der Waals surface area contributed by atoms with Crippen LogP contribution in [0.2, 0.25) is 0 Å². The van der Waals surface area contributed by atoms with Crippen LogP contribution in [0.3, 0.4) is 0 Å². The molecule has 0 bridgehead atoms. The fraction of sp³-hybridized carbons (Fsp3) is 0.764. The molecular weight excluding hydrogens is 753 g/mol. The van der Waals surface area contributed by atoms with Gasteiger partial charge in [-0.3, -0.25) is 4.79 Å². The number of carbonyl (C=O) groups excluding carboxylic acids is 1. The van der Waals surface area contributed by atoms with Gasteiger partial charge in [-0.15, -0.1) is 0 Å². The van der Waals surface area contributed by atoms with Crippen molar-refractivity contribution in [2.24, 2.45) is 35.5 Å². The second-order valence-corrected chi connectivity index (χ2v) is 20.9. The number of rotatable bonds is 20. The van der Waals surface area contributed by atoms with Crippen LogP contribution < -0.4 is 0 Å². The molecule has 0 radical (unpaired) electrons. The van der Waals surface area contributed by atoms with Gasteiger partial charge in [0.2, 0.25) is 0 Å². The van der Waals surface area contributed by atoms with E-state index >= 15 is 17.6 Å². The Balaban J connectivity index is 1.04. The van der Waals surface area contributed by atoms with Gasteiger partial charge in [-0.25, -0.2) is 17.6 Å². The molecule has 1 nitrogen and oxygen atoms in total. The zero-order chi connectivity index (χ0) is 42.7. The molecule has 0 amide bonds. The Kier molecular flexibility index (Phi) is 17.7. The standard InChI is InChI=1S/C55H82F4O/c1-5-7-9-11-13-15-39-17-21-41(22-18-39)43-25-29-45(30-26-43)47-33-35-49(51(37-47)54(3,56)57)53(60)50-36-34-48(38-52(50)55(4,58)59)46-31-27-44(28-32-46)42-23-19-40(20-24-42)16-14-12-10-8-6-2/h33-46H,5-32H2,1-4H3. The second-order valence-electron chi connectivity index (χ2n) is 20.9. The lowest BCUT2D eigenvalue weighted by Crippen LogP contribution is -2.26. The highest BCUT2D eigenvalue weighted by Gasteiger charge is 2.38. The maximum atomic E-state index is 15.4. The van der Waals surface area contributed by atoms with Crippen LogP contribution in [0.1, 0.15) is 257 Å². The predicted octanol–water partition coefficient (Wildman–Crippen LogP) is 18.0. The smallest absolute Gasteiger partial charge is 0.271 e. The molecule has 0 atom stereocenters. The highest BCUT2D eigenvalue weighted by Crippen LogP contribution is 2.48. The summed E-state index contributed by atoms with van der Waals surface area (Å²) in [5, 5.41) is 0. The van der Waals surface area contributed by atoms with Gasteiger partial charge in [0, 0.05) is 36.1 Å². The van der Waals surface area contributed by atoms with Gasteiger partial charge in [-0.05, 0) is 148 Å². The Bertz CT molecular complexity index is 1470. The Labute approximate surface area is 363 Å². The average Bonchev–Trinajstić information content (AvgIpc) is 3.25. The summed E-state index contributed by atoms with van der Waals surface area (Å²) in [7, 11) is 0. The Morgan fingerprint density at radius 3 is 1.10 bits per heavy atom. The van der Waals surface area contributed by atoms with E-state index in [0.29, 0.717) is 11.8 Å². The number of hydrogen-bond acceptors (Lipinski definition) is 1. The maximum Gasteiger partial charge on any atom is 0.271 e. The lowest BCUT2D eigenvalue weighted by atomic mass is 9.67. The van der Waals surface area contributed by atoms with Crippen molar-refractivity contribution in [3.05, 3.63) is 69.8 Å². The molecule has 0 aromatic heterocycles. The van der Waals surface area contributed by atoms with Crippen molar-refractivity contribution in [2.45, 2.75) is 231 Å². The van der Waals surface area contributed by atoms with E-state index in [-0.39, 0.29) is 34.1 Å². The molecule has 0 spiro atoms. The van der Waals surface area contributed by atoms with Crippen LogP contribution in [0, 0.1) is 35.5 Å². The van der Waals surface area contributed by atoms with Gasteiger partial charge in [0.1, 0.15) is 0 Å². The molecule has 4 fully saturated rings. The molecule has 0 saturated heterocycles. The van der Waals surface area contributed by atoms with E-state index in [1.165, 1.54) is 153 Å². The van der Waals surface area contributed by atoms with Gasteiger partial charge in [-0.2, -0.15) is 0 Å². The van der Waals surface area contributed by atoms with Crippen LogP contribution in [0.25, 0.3) is 0 Å². The molecule has 2 aromatic rings. The lowest BCUT2D eigenvalue weighted by Gasteiger charge is -2.38. The second kappa shape index (κ2) is 22.4. The van der Waals surface area contributed by atoms with E-state index in [0.717, 1.165) is 100 Å². The van der Waals surface area contributed by atoms with E-state index < -0.39 is 17.6 Å². The van der Waals surface area contributed by atoms with Crippen LogP contribution in [0.15, 0.2) is 36.4 Å². The molecular formula is C55H82F4O. The summed E-state index contributed by atoms with van der Waals surface area (Å²) in [5.41, 5.74) is 0.708. The molecule has 5 heteroatoms. The zero-order valence-electron chi connectivity index (χ0n) is 38.3. The summed E-state index contributed by atoms with van der Waals surface area (Å²) in [4.78, 5) is 14.2. The molecule has 336 valence electrons. The molecule has 0 unspecified atom stereocenters. The van der Waals surface area contributed by atoms with E-state index in [4.69, 9.17) is 0 Å². The van der Waals surface area contributed by atoms with E-state index in [9.17, 15) is 4.79 Å². The van der Waals surface area contributed by atoms with Crippen molar-refractivity contribution in [1.82, 2.24) is 0 Å². The van der Waals surface area contributed by atoms with Crippen molar-refractivity contribution < 1.29 is 22.4 Å². The van der Waals surface area contributed by atoms with Crippen molar-refractivity contribution >= 4 is 5.78 Å². The molecule has 60 heavy (non-hydrogen) atoms. The molecule has 6 rings (SSSR count). The third kappa shape index (κ3) is 13.0. The third-order valence-corrected chi connectivity index (χ3v) is 16.6. The highest BCUT2D eigenvalue weighted by atomic mass is 19.3. The Hall–Kier alpha value is -2.17. The summed E-state index contributed by atoms with van der Waals surface area (Å²) in [6.45, 7) is 6.20. The predicted molar refractivity (Wildman–Crippen MR) is 242 cm³/mol. The number of unbranched alkanes of at least 4 members (excludes halogenated alkanes) is 8. The average molecular weight is 835 g/mol. The Morgan fingerprint density at radius 2 is 0.783 bits per heavy atom. The molecule has 4 saturated carbocycles. The van der Waals surface area contributed by atoms with Crippen LogP contribution >= 0.6 is 0 Å². The molecule has 0 N–H and O–H groups in total. The third-order valence-electron chi connectivity index (χ3n) is 16.6. The van der Waals surface area contributed by atoms with Crippen LogP contribution in [-0.2, 0) is 11.8 Å². The van der Waals surface area contributed by atoms with Crippen molar-refractivity contribution in [1.29, 1.82) is 0 Å². The monoisotopic (exact) mass is 835 g/mol. The van der Waals surface area contributed by atoms with Gasteiger partial charge < -0.3 is 0 Å². The summed E-state index contributed by atoms with van der Waals surface area (Å²) in [5.74, 6) is -2.16. The minimum Gasteiger partial charge on any atom is -0.289 e. The molecule has 4 aliphatic carbocycles. The molecule has 0 aliphatic heterocycles. The first-order chi connectivity index (χ1) is 28.9. The normalized spacial score (nSPS) is 28.1. The van der Waals surface area contributed by atoms with Crippen LogP contribution in [-0.4, -0.2) is 5.78 Å². The summed E-state index contributed by atoms with van der Waals surface area (Å²) >= 11 is 0. The van der Waals surface area contributed by atoms with Crippen LogP contribution in [0.5, 0.6) is 0 Å². The van der Waals surface area contributed by atoms with E-state index in [2.05, 4.69) is 13.8 Å². The van der Waals surface area contributed by atoms with Crippen molar-refractivity contribution in [3.63, 3.8) is 0 Å². The minimum absolute atomic E-state index is 0.160. The first-order valence-electron chi connectivity index (χ1n) is 25.4. The summed E-state index contributed by atoms with van der Waals surface area (Å²) in [6.07, 6.45) is 35.5. The molecule has 4 aliphatic rings. The van der Waals surface area contributed by atoms with Crippen LogP contribution in [0.4, 0.5) is 17.6 Å². The van der Waals surface area contributed by atoms with Gasteiger partial charge in [0.15, 0.2) is 5.78 Å². The number of halogens is 4. The molecule has 0 heterocycles. The first-order valence-corrected chi connectivity index (χ1v) is 25.4. The van der Waals surface area contributed by atoms with Gasteiger partial charge in [0.25, 0.3) is 11.8 Å². The number of ketones is 1. The fourth-order valence-electron chi connectivity index (χ4n) is 12.7. The van der Waals surface area contributed by atoms with Gasteiger partial charge >= 0.3 is 0 Å². The molecule has 2 aromatic carbocycles. The number of alkyl halides is 4. The lowest BCUT2D eigenvalue weighted by molar-refractivity contribution is 0.0158. The fourth-order valence-corrected chi connectivity index (χ4v) is 12.7. The number of carbonyl (C=O) groups is 1. The topological polar surface area (TPSA) is 17.1 Å². The number of benzene rings is 2. The van der Waals surface area contributed by atoms with Gasteiger partial charge in [-0.1, -0.05) is 141 Å². The van der Waals surface area contributed by atoms with E-state index in [1.54, 1.807) is 0 Å². The van der Waals surface area contributed by atoms with Crippen molar-refractivity contribution in [2.75, 3.05) is 0 Å². The van der Waals surface area contributed by atoms with E-state index in [1.807, 2.05) is 12.1 Å². The zero-order valence-corrected chi connectivity index (χ0v) is 38.3. The SMILES string of the molecule is CCCCCCCC1CCC(C2CCC(c3ccc(C(=O)c4ccc(C5CCC(C6CCC(CCCCCCC)CC6)CC5)cc4C(C)(F)F)c(C(C)(F)F)c3)CC2)CC1. The van der Waals surface area contributed by atoms with Crippen molar-refractivity contribution in [3.8, 4) is 0 Å². The minimum atomic E-state index is -3.28. The summed E-state index contributed by atoms with van der Waals surface area (Å²) in [6, 6.07) is 9.73. The van der Waals surface area contributed by atoms with Gasteiger partial charge in [0.05, 0.1) is 0 Å². The largest absolute Gasteiger partial charge is 0.289 e. The maximum absolute atomic E-state index is 15.4. The number of hydrogen-bond donors (Lipinski definition) is 0. The Morgan fingerprint density at radius 1 is 0.467 bits per heavy atom. The highest BCUT2D eigenvalue weighted by molar-refractivity contribution is 6.11. The first kappa shape index (κ1) is 47.3.